The molecule has 3 rings (SSSR count). The lowest BCUT2D eigenvalue weighted by molar-refractivity contribution is -0.129. The van der Waals surface area contributed by atoms with E-state index in [2.05, 4.69) is 10.6 Å². The molecule has 0 spiro atoms. The van der Waals surface area contributed by atoms with Crippen LogP contribution in [0.1, 0.15) is 31.0 Å². The van der Waals surface area contributed by atoms with E-state index < -0.39 is 0 Å². The number of hydrogen-bond donors (Lipinski definition) is 2. The summed E-state index contributed by atoms with van der Waals surface area (Å²) in [4.78, 5) is 39.3. The average Bonchev–Trinajstić information content (AvgIpc) is 3.13. The van der Waals surface area contributed by atoms with Gasteiger partial charge < -0.3 is 10.6 Å². The van der Waals surface area contributed by atoms with Crippen LogP contribution in [0.5, 0.6) is 0 Å². The molecule has 1 saturated heterocycles. The molecule has 1 fully saturated rings. The smallest absolute Gasteiger partial charge is 0.324 e. The Bertz CT molecular complexity index is 885. The summed E-state index contributed by atoms with van der Waals surface area (Å²) in [7, 11) is 0. The summed E-state index contributed by atoms with van der Waals surface area (Å²) in [5.74, 6) is -0.355. The van der Waals surface area contributed by atoms with Crippen molar-refractivity contribution in [2.75, 3.05) is 25.0 Å². The zero-order chi connectivity index (χ0) is 20.8. The van der Waals surface area contributed by atoms with Crippen LogP contribution in [-0.2, 0) is 16.1 Å². The van der Waals surface area contributed by atoms with Crippen molar-refractivity contribution in [1.82, 2.24) is 15.1 Å². The molecule has 0 aliphatic carbocycles. The largest absolute Gasteiger partial charge is 0.336 e. The molecular formula is C22H26N4O3. The monoisotopic (exact) mass is 394 g/mol. The molecule has 4 amide bonds. The van der Waals surface area contributed by atoms with Crippen LogP contribution < -0.4 is 10.6 Å². The van der Waals surface area contributed by atoms with E-state index in [1.165, 1.54) is 11.8 Å². The Morgan fingerprint density at radius 3 is 2.59 bits per heavy atom. The first-order valence-corrected chi connectivity index (χ1v) is 9.68. The van der Waals surface area contributed by atoms with Gasteiger partial charge in [0, 0.05) is 38.3 Å². The summed E-state index contributed by atoms with van der Waals surface area (Å²) < 4.78 is 0. The number of nitrogens with zero attached hydrogens (tertiary/aromatic N) is 2. The Kier molecular flexibility index (Phi) is 6.61. The van der Waals surface area contributed by atoms with Crippen LogP contribution in [0.3, 0.4) is 0 Å². The molecule has 152 valence electrons. The number of benzene rings is 2. The minimum atomic E-state index is -0.338. The van der Waals surface area contributed by atoms with Gasteiger partial charge in [0.15, 0.2) is 0 Å². The Labute approximate surface area is 170 Å². The molecule has 0 radical (unpaired) electrons. The van der Waals surface area contributed by atoms with E-state index in [1.54, 1.807) is 0 Å². The molecule has 7 nitrogen and oxygen atoms in total. The molecule has 2 aromatic carbocycles. The van der Waals surface area contributed by atoms with Crippen LogP contribution in [0.15, 0.2) is 54.6 Å². The van der Waals surface area contributed by atoms with Gasteiger partial charge in [-0.2, -0.15) is 0 Å². The van der Waals surface area contributed by atoms with Gasteiger partial charge in [0.1, 0.15) is 0 Å². The number of carbonyl (C=O) groups is 3. The first-order valence-electron chi connectivity index (χ1n) is 9.68. The van der Waals surface area contributed by atoms with Gasteiger partial charge >= 0.3 is 6.03 Å². The van der Waals surface area contributed by atoms with E-state index in [0.29, 0.717) is 25.3 Å². The SMILES string of the molecule is CC(=O)Nc1cccc([C@@H](C)N(CC(=O)N2CCNC2=O)Cc2ccccc2)c1. The summed E-state index contributed by atoms with van der Waals surface area (Å²) >= 11 is 0. The lowest BCUT2D eigenvalue weighted by Crippen LogP contribution is -2.42. The van der Waals surface area contributed by atoms with Crippen LogP contribution >= 0.6 is 0 Å². The Morgan fingerprint density at radius 1 is 1.17 bits per heavy atom. The molecule has 1 atom stereocenters. The zero-order valence-electron chi connectivity index (χ0n) is 16.7. The quantitative estimate of drug-likeness (QED) is 0.757. The fraction of sp³-hybridized carbons (Fsp3) is 0.318. The maximum Gasteiger partial charge on any atom is 0.324 e. The van der Waals surface area contributed by atoms with Crippen LogP contribution in [-0.4, -0.2) is 47.3 Å². The standard InChI is InChI=1S/C22H26N4O3/c1-16(19-9-6-10-20(13-19)24-17(2)27)25(14-18-7-4-3-5-8-18)15-21(28)26-12-11-23-22(26)29/h3-10,13,16H,11-12,14-15H2,1-2H3,(H,23,29)(H,24,27)/t16-/m1/s1. The van der Waals surface area contributed by atoms with Crippen molar-refractivity contribution in [3.8, 4) is 0 Å². The highest BCUT2D eigenvalue weighted by Crippen LogP contribution is 2.25. The molecule has 1 heterocycles. The molecule has 2 N–H and O–H groups in total. The molecule has 0 unspecified atom stereocenters. The predicted octanol–water partition coefficient (Wildman–Crippen LogP) is 2.76. The van der Waals surface area contributed by atoms with E-state index in [-0.39, 0.29) is 30.4 Å². The Morgan fingerprint density at radius 2 is 1.93 bits per heavy atom. The summed E-state index contributed by atoms with van der Waals surface area (Å²) in [5.41, 5.74) is 2.77. The number of hydrogen-bond acceptors (Lipinski definition) is 4. The molecule has 0 saturated carbocycles. The van der Waals surface area contributed by atoms with Gasteiger partial charge in [0.2, 0.25) is 11.8 Å². The van der Waals surface area contributed by atoms with Gasteiger partial charge in [-0.1, -0.05) is 42.5 Å². The van der Waals surface area contributed by atoms with E-state index in [1.807, 2.05) is 66.4 Å². The maximum absolute atomic E-state index is 12.8. The van der Waals surface area contributed by atoms with E-state index in [4.69, 9.17) is 0 Å². The van der Waals surface area contributed by atoms with Crippen molar-refractivity contribution >= 4 is 23.5 Å². The minimum Gasteiger partial charge on any atom is -0.336 e. The van der Waals surface area contributed by atoms with Crippen molar-refractivity contribution in [3.05, 3.63) is 65.7 Å². The number of amides is 4. The number of carbonyl (C=O) groups excluding carboxylic acids is 3. The van der Waals surface area contributed by atoms with Gasteiger partial charge in [-0.3, -0.25) is 19.4 Å². The number of nitrogens with one attached hydrogen (secondary N) is 2. The normalized spacial score (nSPS) is 14.6. The van der Waals surface area contributed by atoms with Gasteiger partial charge in [0.05, 0.1) is 6.54 Å². The van der Waals surface area contributed by atoms with Crippen LogP contribution in [0.2, 0.25) is 0 Å². The second-order valence-electron chi connectivity index (χ2n) is 7.15. The predicted molar refractivity (Wildman–Crippen MR) is 111 cm³/mol. The van der Waals surface area contributed by atoms with E-state index in [9.17, 15) is 14.4 Å². The second kappa shape index (κ2) is 9.34. The van der Waals surface area contributed by atoms with Gasteiger partial charge in [-0.15, -0.1) is 0 Å². The fourth-order valence-electron chi connectivity index (χ4n) is 3.41. The average molecular weight is 394 g/mol. The van der Waals surface area contributed by atoms with Crippen molar-refractivity contribution < 1.29 is 14.4 Å². The topological polar surface area (TPSA) is 81.8 Å². The Hall–Kier alpha value is -3.19. The van der Waals surface area contributed by atoms with Crippen molar-refractivity contribution in [2.24, 2.45) is 0 Å². The molecule has 0 bridgehead atoms. The molecule has 29 heavy (non-hydrogen) atoms. The van der Waals surface area contributed by atoms with Crippen LogP contribution in [0, 0.1) is 0 Å². The molecular weight excluding hydrogens is 368 g/mol. The molecule has 2 aromatic rings. The van der Waals surface area contributed by atoms with E-state index >= 15 is 0 Å². The van der Waals surface area contributed by atoms with E-state index in [0.717, 1.165) is 11.1 Å². The lowest BCUT2D eigenvalue weighted by Gasteiger charge is -2.30. The first kappa shape index (κ1) is 20.5. The first-order chi connectivity index (χ1) is 13.9. The summed E-state index contributed by atoms with van der Waals surface area (Å²) in [6.07, 6.45) is 0. The summed E-state index contributed by atoms with van der Waals surface area (Å²) in [6, 6.07) is 17.1. The molecule has 0 aromatic heterocycles. The van der Waals surface area contributed by atoms with Gasteiger partial charge in [-0.05, 0) is 30.2 Å². The highest BCUT2D eigenvalue weighted by atomic mass is 16.2. The van der Waals surface area contributed by atoms with Crippen LogP contribution in [0.25, 0.3) is 0 Å². The maximum atomic E-state index is 12.8. The minimum absolute atomic E-state index is 0.0986. The zero-order valence-corrected chi connectivity index (χ0v) is 16.7. The number of urea groups is 1. The second-order valence-corrected chi connectivity index (χ2v) is 7.15. The third kappa shape index (κ3) is 5.42. The summed E-state index contributed by atoms with van der Waals surface area (Å²) in [5, 5.41) is 5.46. The number of anilines is 1. The van der Waals surface area contributed by atoms with Gasteiger partial charge in [0.25, 0.3) is 0 Å². The lowest BCUT2D eigenvalue weighted by atomic mass is 10.0. The molecule has 1 aliphatic rings. The molecule has 1 aliphatic heterocycles. The molecule has 7 heteroatoms. The fourth-order valence-corrected chi connectivity index (χ4v) is 3.41. The third-order valence-corrected chi connectivity index (χ3v) is 4.96. The third-order valence-electron chi connectivity index (χ3n) is 4.96. The Balaban J connectivity index is 1.82. The highest BCUT2D eigenvalue weighted by Gasteiger charge is 2.29. The highest BCUT2D eigenvalue weighted by molar-refractivity contribution is 5.96. The van der Waals surface area contributed by atoms with Gasteiger partial charge in [-0.25, -0.2) is 4.79 Å². The van der Waals surface area contributed by atoms with Crippen molar-refractivity contribution in [2.45, 2.75) is 26.4 Å². The van der Waals surface area contributed by atoms with Crippen LogP contribution in [0.4, 0.5) is 10.5 Å². The van der Waals surface area contributed by atoms with Crippen molar-refractivity contribution in [1.29, 1.82) is 0 Å². The number of imide groups is 1. The summed E-state index contributed by atoms with van der Waals surface area (Å²) in [6.45, 7) is 5.05. The number of rotatable bonds is 7. The van der Waals surface area contributed by atoms with Crippen molar-refractivity contribution in [3.63, 3.8) is 0 Å².